The number of ether oxygens (including phenoxy) is 3. The minimum atomic E-state index is -2.96. The second-order valence-electron chi connectivity index (χ2n) is 6.53. The molecule has 31 heavy (non-hydrogen) atoms. The number of halogens is 2. The van der Waals surface area contributed by atoms with Gasteiger partial charge in [-0.15, -0.1) is 0 Å². The largest absolute Gasteiger partial charge is 0.454 e. The number of carbonyl (C=O) groups is 1. The number of guanidine groups is 1. The van der Waals surface area contributed by atoms with Gasteiger partial charge in [0.1, 0.15) is 5.75 Å². The molecule has 10 heteroatoms. The van der Waals surface area contributed by atoms with Gasteiger partial charge in [0.15, 0.2) is 17.5 Å². The Morgan fingerprint density at radius 2 is 1.87 bits per heavy atom. The van der Waals surface area contributed by atoms with E-state index in [2.05, 4.69) is 25.7 Å². The van der Waals surface area contributed by atoms with Gasteiger partial charge in [0.05, 0.1) is 0 Å². The van der Waals surface area contributed by atoms with Crippen molar-refractivity contribution in [2.24, 2.45) is 4.99 Å². The fraction of sp³-hybridized carbons (Fsp3) is 0.333. The molecule has 8 nitrogen and oxygen atoms in total. The van der Waals surface area contributed by atoms with Gasteiger partial charge in [0.2, 0.25) is 6.79 Å². The third kappa shape index (κ3) is 5.97. The number of hydrogen-bond donors (Lipinski definition) is 3. The Morgan fingerprint density at radius 1 is 1.13 bits per heavy atom. The molecule has 0 aliphatic carbocycles. The lowest BCUT2D eigenvalue weighted by Gasteiger charge is -2.15. The maximum absolute atomic E-state index is 12.8. The summed E-state index contributed by atoms with van der Waals surface area (Å²) in [6.07, 6.45) is 0. The van der Waals surface area contributed by atoms with Gasteiger partial charge in [-0.05, 0) is 30.7 Å². The molecule has 0 saturated heterocycles. The fourth-order valence-electron chi connectivity index (χ4n) is 2.98. The van der Waals surface area contributed by atoms with Crippen LogP contribution in [0.1, 0.15) is 28.4 Å². The molecule has 0 aromatic heterocycles. The van der Waals surface area contributed by atoms with Gasteiger partial charge >= 0.3 is 6.61 Å². The Morgan fingerprint density at radius 3 is 2.58 bits per heavy atom. The van der Waals surface area contributed by atoms with Crippen LogP contribution in [0.3, 0.4) is 0 Å². The van der Waals surface area contributed by atoms with E-state index in [-0.39, 0.29) is 25.0 Å². The zero-order valence-electron chi connectivity index (χ0n) is 17.2. The maximum Gasteiger partial charge on any atom is 0.387 e. The lowest BCUT2D eigenvalue weighted by atomic mass is 10.1. The molecule has 166 valence electrons. The Balaban J connectivity index is 1.63. The van der Waals surface area contributed by atoms with Crippen LogP contribution >= 0.6 is 0 Å². The lowest BCUT2D eigenvalue weighted by molar-refractivity contribution is -0.0505. The number of rotatable bonds is 8. The molecular formula is C21H24F2N4O4. The molecule has 0 fully saturated rings. The van der Waals surface area contributed by atoms with Crippen LogP contribution in [0.4, 0.5) is 8.78 Å². The van der Waals surface area contributed by atoms with Gasteiger partial charge in [-0.1, -0.05) is 12.1 Å². The van der Waals surface area contributed by atoms with Crippen LogP contribution in [0.25, 0.3) is 0 Å². The topological polar surface area (TPSA) is 93.2 Å². The molecule has 1 aliphatic heterocycles. The van der Waals surface area contributed by atoms with Gasteiger partial charge in [-0.25, -0.2) is 0 Å². The van der Waals surface area contributed by atoms with E-state index < -0.39 is 6.61 Å². The summed E-state index contributed by atoms with van der Waals surface area (Å²) >= 11 is 0. The normalized spacial score (nSPS) is 12.6. The van der Waals surface area contributed by atoms with Crippen LogP contribution in [0.5, 0.6) is 17.2 Å². The molecule has 2 aromatic rings. The lowest BCUT2D eigenvalue weighted by Crippen LogP contribution is -2.36. The molecule has 0 bridgehead atoms. The van der Waals surface area contributed by atoms with Crippen molar-refractivity contribution in [1.29, 1.82) is 0 Å². The quantitative estimate of drug-likeness (QED) is 0.437. The summed E-state index contributed by atoms with van der Waals surface area (Å²) in [5.41, 5.74) is 1.92. The first kappa shape index (κ1) is 22.1. The first-order valence-corrected chi connectivity index (χ1v) is 9.69. The van der Waals surface area contributed by atoms with E-state index in [1.807, 2.05) is 13.0 Å². The zero-order valence-corrected chi connectivity index (χ0v) is 17.2. The summed E-state index contributed by atoms with van der Waals surface area (Å²) in [4.78, 5) is 16.1. The van der Waals surface area contributed by atoms with Crippen LogP contribution in [-0.4, -0.2) is 38.9 Å². The molecule has 3 rings (SSSR count). The minimum absolute atomic E-state index is 0.00293. The van der Waals surface area contributed by atoms with Gasteiger partial charge in [0.25, 0.3) is 5.91 Å². The van der Waals surface area contributed by atoms with Crippen molar-refractivity contribution in [2.45, 2.75) is 26.6 Å². The Hall–Kier alpha value is -3.56. The third-order valence-electron chi connectivity index (χ3n) is 4.43. The summed E-state index contributed by atoms with van der Waals surface area (Å²) < 4.78 is 40.7. The van der Waals surface area contributed by atoms with E-state index in [0.29, 0.717) is 41.7 Å². The van der Waals surface area contributed by atoms with E-state index in [4.69, 9.17) is 9.47 Å². The van der Waals surface area contributed by atoms with Crippen molar-refractivity contribution < 1.29 is 27.8 Å². The number of nitrogens with zero attached hydrogens (tertiary/aromatic N) is 1. The van der Waals surface area contributed by atoms with Gasteiger partial charge in [-0.2, -0.15) is 8.78 Å². The average molecular weight is 434 g/mol. The first-order valence-electron chi connectivity index (χ1n) is 9.69. The minimum Gasteiger partial charge on any atom is -0.454 e. The number of amides is 1. The number of aliphatic imine (C=N–C) groups is 1. The molecule has 3 N–H and O–H groups in total. The van der Waals surface area contributed by atoms with Crippen molar-refractivity contribution in [3.05, 3.63) is 53.1 Å². The van der Waals surface area contributed by atoms with Crippen molar-refractivity contribution in [1.82, 2.24) is 16.0 Å². The van der Waals surface area contributed by atoms with Crippen LogP contribution in [0, 0.1) is 0 Å². The molecule has 1 heterocycles. The monoisotopic (exact) mass is 434 g/mol. The highest BCUT2D eigenvalue weighted by molar-refractivity contribution is 5.94. The van der Waals surface area contributed by atoms with Crippen molar-refractivity contribution >= 4 is 11.9 Å². The standard InChI is InChI=1S/C21H24F2N4O4/c1-3-25-19(28)14-6-4-5-13(7-14)10-26-21(24-2)27-11-15-8-17-18(30-12-29-17)9-16(15)31-20(22)23/h4-9,20H,3,10-12H2,1-2H3,(H,25,28)(H2,24,26,27). The molecular weight excluding hydrogens is 410 g/mol. The van der Waals surface area contributed by atoms with Gasteiger partial charge in [0, 0.05) is 43.9 Å². The number of benzene rings is 2. The molecule has 2 aromatic carbocycles. The van der Waals surface area contributed by atoms with E-state index in [9.17, 15) is 13.6 Å². The summed E-state index contributed by atoms with van der Waals surface area (Å²) in [5.74, 6) is 1.12. The van der Waals surface area contributed by atoms with Crippen LogP contribution < -0.4 is 30.2 Å². The Kier molecular flexibility index (Phi) is 7.47. The van der Waals surface area contributed by atoms with Crippen LogP contribution in [-0.2, 0) is 13.1 Å². The predicted molar refractivity (Wildman–Crippen MR) is 111 cm³/mol. The van der Waals surface area contributed by atoms with Crippen molar-refractivity contribution in [3.63, 3.8) is 0 Å². The van der Waals surface area contributed by atoms with E-state index in [1.165, 1.54) is 6.07 Å². The average Bonchev–Trinajstić information content (AvgIpc) is 3.21. The highest BCUT2D eigenvalue weighted by atomic mass is 19.3. The highest BCUT2D eigenvalue weighted by Crippen LogP contribution is 2.38. The summed E-state index contributed by atoms with van der Waals surface area (Å²) in [6.45, 7) is 0.0463. The third-order valence-corrected chi connectivity index (χ3v) is 4.43. The molecule has 0 spiro atoms. The van der Waals surface area contributed by atoms with E-state index >= 15 is 0 Å². The number of hydrogen-bond acceptors (Lipinski definition) is 5. The first-order chi connectivity index (χ1) is 15.0. The van der Waals surface area contributed by atoms with Crippen molar-refractivity contribution in [3.8, 4) is 17.2 Å². The predicted octanol–water partition coefficient (Wildman–Crippen LogP) is 2.63. The fourth-order valence-corrected chi connectivity index (χ4v) is 2.98. The number of nitrogens with one attached hydrogen (secondary N) is 3. The van der Waals surface area contributed by atoms with E-state index in [0.717, 1.165) is 5.56 Å². The van der Waals surface area contributed by atoms with Crippen LogP contribution in [0.15, 0.2) is 41.4 Å². The van der Waals surface area contributed by atoms with E-state index in [1.54, 1.807) is 31.3 Å². The SMILES string of the molecule is CCNC(=O)c1cccc(CNC(=NC)NCc2cc3c(cc2OC(F)F)OCO3)c1. The number of alkyl halides is 2. The zero-order chi connectivity index (χ0) is 22.2. The molecule has 0 saturated carbocycles. The second-order valence-corrected chi connectivity index (χ2v) is 6.53. The van der Waals surface area contributed by atoms with Crippen LogP contribution in [0.2, 0.25) is 0 Å². The molecule has 1 aliphatic rings. The Labute approximate surface area is 178 Å². The summed E-state index contributed by atoms with van der Waals surface area (Å²) in [5, 5.41) is 8.95. The molecule has 0 unspecified atom stereocenters. The summed E-state index contributed by atoms with van der Waals surface area (Å²) in [6, 6.07) is 10.2. The number of fused-ring (bicyclic) bond motifs is 1. The summed E-state index contributed by atoms with van der Waals surface area (Å²) in [7, 11) is 1.59. The molecule has 0 atom stereocenters. The van der Waals surface area contributed by atoms with Gasteiger partial charge < -0.3 is 30.2 Å². The Bertz CT molecular complexity index is 953. The molecule has 1 amide bonds. The second kappa shape index (κ2) is 10.5. The smallest absolute Gasteiger partial charge is 0.387 e. The number of carbonyl (C=O) groups excluding carboxylic acids is 1. The van der Waals surface area contributed by atoms with Crippen molar-refractivity contribution in [2.75, 3.05) is 20.4 Å². The highest BCUT2D eigenvalue weighted by Gasteiger charge is 2.20. The maximum atomic E-state index is 12.8. The van der Waals surface area contributed by atoms with Gasteiger partial charge in [-0.3, -0.25) is 9.79 Å². The molecule has 0 radical (unpaired) electrons.